The van der Waals surface area contributed by atoms with Crippen molar-refractivity contribution in [2.45, 2.75) is 26.8 Å². The summed E-state index contributed by atoms with van der Waals surface area (Å²) in [6.07, 6.45) is 1.54. The van der Waals surface area contributed by atoms with E-state index in [0.717, 1.165) is 0 Å². The molecule has 1 aromatic heterocycles. The number of hydrogen-bond donors (Lipinski definition) is 2. The van der Waals surface area contributed by atoms with Crippen LogP contribution in [0.2, 0.25) is 0 Å². The quantitative estimate of drug-likeness (QED) is 0.759. The van der Waals surface area contributed by atoms with Crippen molar-refractivity contribution >= 4 is 17.5 Å². The minimum absolute atomic E-state index is 0.201. The number of nitrogens with zero attached hydrogens (tertiary/aromatic N) is 1. The molecule has 0 atom stereocenters. The summed E-state index contributed by atoms with van der Waals surface area (Å²) in [7, 11) is 0. The van der Waals surface area contributed by atoms with E-state index in [1.807, 2.05) is 13.8 Å². The van der Waals surface area contributed by atoms with Gasteiger partial charge in [-0.3, -0.25) is 0 Å². The maximum Gasteiger partial charge on any atom is 0.340 e. The number of pyridine rings is 1. The summed E-state index contributed by atoms with van der Waals surface area (Å²) in [5, 5.41) is 3.07. The van der Waals surface area contributed by atoms with E-state index >= 15 is 0 Å². The normalized spacial score (nSPS) is 10.2. The molecule has 0 bridgehead atoms. The molecule has 0 spiro atoms. The number of carbonyl (C=O) groups is 1. The molecule has 0 saturated heterocycles. The summed E-state index contributed by atoms with van der Waals surface area (Å²) in [6, 6.07) is 1.76. The number of nitrogen functional groups attached to an aromatic ring is 1. The molecule has 3 N–H and O–H groups in total. The lowest BCUT2D eigenvalue weighted by Crippen LogP contribution is -2.15. The van der Waals surface area contributed by atoms with Crippen LogP contribution >= 0.6 is 0 Å². The topological polar surface area (TPSA) is 77.2 Å². The summed E-state index contributed by atoms with van der Waals surface area (Å²) < 4.78 is 4.89. The van der Waals surface area contributed by atoms with Gasteiger partial charge in [0.1, 0.15) is 5.82 Å². The lowest BCUT2D eigenvalue weighted by atomic mass is 10.2. The Morgan fingerprint density at radius 1 is 1.62 bits per heavy atom. The highest BCUT2D eigenvalue weighted by Crippen LogP contribution is 2.21. The molecule has 1 rings (SSSR count). The van der Waals surface area contributed by atoms with Gasteiger partial charge < -0.3 is 15.8 Å². The Bertz CT molecular complexity index is 377. The van der Waals surface area contributed by atoms with Gasteiger partial charge in [-0.1, -0.05) is 0 Å². The third-order valence-corrected chi connectivity index (χ3v) is 1.91. The van der Waals surface area contributed by atoms with Crippen molar-refractivity contribution in [3.63, 3.8) is 0 Å². The molecule has 0 fully saturated rings. The van der Waals surface area contributed by atoms with Crippen molar-refractivity contribution in [2.75, 3.05) is 17.7 Å². The maximum atomic E-state index is 11.5. The van der Waals surface area contributed by atoms with Crippen molar-refractivity contribution in [2.24, 2.45) is 0 Å². The van der Waals surface area contributed by atoms with Gasteiger partial charge in [0.05, 0.1) is 17.9 Å². The summed E-state index contributed by atoms with van der Waals surface area (Å²) in [5.74, 6) is 0.0924. The summed E-state index contributed by atoms with van der Waals surface area (Å²) >= 11 is 0. The zero-order chi connectivity index (χ0) is 12.1. The number of nitrogens with two attached hydrogens (primary N) is 1. The molecular formula is C11H17N3O2. The fraction of sp³-hybridized carbons (Fsp3) is 0.455. The standard InChI is InChI=1S/C11H17N3O2/c1-4-16-11(15)8-5-6-13-10(9(8)12)14-7(2)3/h5-7H,4,12H2,1-3H3,(H,13,14). The SMILES string of the molecule is CCOC(=O)c1ccnc(NC(C)C)c1N. The van der Waals surface area contributed by atoms with Crippen LogP contribution in [-0.4, -0.2) is 23.6 Å². The van der Waals surface area contributed by atoms with Crippen molar-refractivity contribution in [3.8, 4) is 0 Å². The van der Waals surface area contributed by atoms with E-state index in [1.54, 1.807) is 13.0 Å². The molecule has 0 aliphatic heterocycles. The van der Waals surface area contributed by atoms with Crippen LogP contribution in [0.1, 0.15) is 31.1 Å². The van der Waals surface area contributed by atoms with Gasteiger partial charge in [-0.2, -0.15) is 0 Å². The van der Waals surface area contributed by atoms with Crippen LogP contribution in [-0.2, 0) is 4.74 Å². The predicted molar refractivity (Wildman–Crippen MR) is 63.4 cm³/mol. The van der Waals surface area contributed by atoms with Crippen molar-refractivity contribution in [1.29, 1.82) is 0 Å². The fourth-order valence-electron chi connectivity index (χ4n) is 1.25. The third-order valence-electron chi connectivity index (χ3n) is 1.91. The molecule has 0 aromatic carbocycles. The van der Waals surface area contributed by atoms with E-state index in [4.69, 9.17) is 10.5 Å². The highest BCUT2D eigenvalue weighted by atomic mass is 16.5. The van der Waals surface area contributed by atoms with E-state index in [9.17, 15) is 4.79 Å². The number of nitrogens with one attached hydrogen (secondary N) is 1. The smallest absolute Gasteiger partial charge is 0.340 e. The first kappa shape index (κ1) is 12.3. The van der Waals surface area contributed by atoms with Crippen LogP contribution < -0.4 is 11.1 Å². The van der Waals surface area contributed by atoms with Crippen LogP contribution in [0.15, 0.2) is 12.3 Å². The number of hydrogen-bond acceptors (Lipinski definition) is 5. The van der Waals surface area contributed by atoms with Crippen LogP contribution in [0.25, 0.3) is 0 Å². The van der Waals surface area contributed by atoms with Gasteiger partial charge in [0.25, 0.3) is 0 Å². The lowest BCUT2D eigenvalue weighted by molar-refractivity contribution is 0.0527. The number of ether oxygens (including phenoxy) is 1. The first-order valence-corrected chi connectivity index (χ1v) is 5.24. The molecule has 0 amide bonds. The van der Waals surface area contributed by atoms with Gasteiger partial charge in [0.15, 0.2) is 0 Å². The Hall–Kier alpha value is -1.78. The number of rotatable bonds is 4. The van der Waals surface area contributed by atoms with Crippen molar-refractivity contribution in [1.82, 2.24) is 4.98 Å². The Morgan fingerprint density at radius 2 is 2.31 bits per heavy atom. The second-order valence-electron chi connectivity index (χ2n) is 3.64. The van der Waals surface area contributed by atoms with Crippen molar-refractivity contribution in [3.05, 3.63) is 17.8 Å². The van der Waals surface area contributed by atoms with Crippen LogP contribution in [0.4, 0.5) is 11.5 Å². The average molecular weight is 223 g/mol. The van der Waals surface area contributed by atoms with Crippen molar-refractivity contribution < 1.29 is 9.53 Å². The zero-order valence-electron chi connectivity index (χ0n) is 9.78. The predicted octanol–water partition coefficient (Wildman–Crippen LogP) is 1.66. The van der Waals surface area contributed by atoms with Crippen LogP contribution in [0, 0.1) is 0 Å². The number of anilines is 2. The molecule has 0 radical (unpaired) electrons. The second kappa shape index (κ2) is 5.34. The molecular weight excluding hydrogens is 206 g/mol. The van der Waals surface area contributed by atoms with Crippen LogP contribution in [0.3, 0.4) is 0 Å². The lowest BCUT2D eigenvalue weighted by Gasteiger charge is -2.13. The van der Waals surface area contributed by atoms with Gasteiger partial charge in [0.2, 0.25) is 0 Å². The van der Waals surface area contributed by atoms with E-state index in [0.29, 0.717) is 23.7 Å². The summed E-state index contributed by atoms with van der Waals surface area (Å²) in [5.41, 5.74) is 6.51. The number of esters is 1. The number of aromatic nitrogens is 1. The molecule has 1 aromatic rings. The summed E-state index contributed by atoms with van der Waals surface area (Å²) in [4.78, 5) is 15.6. The van der Waals surface area contributed by atoms with Gasteiger partial charge in [-0.15, -0.1) is 0 Å². The molecule has 0 saturated carbocycles. The fourth-order valence-corrected chi connectivity index (χ4v) is 1.25. The molecule has 5 nitrogen and oxygen atoms in total. The Labute approximate surface area is 95.0 Å². The van der Waals surface area contributed by atoms with E-state index in [1.165, 1.54) is 6.20 Å². The molecule has 1 heterocycles. The Morgan fingerprint density at radius 3 is 2.88 bits per heavy atom. The largest absolute Gasteiger partial charge is 0.462 e. The molecule has 16 heavy (non-hydrogen) atoms. The maximum absolute atomic E-state index is 11.5. The monoisotopic (exact) mass is 223 g/mol. The Kier molecular flexibility index (Phi) is 4.10. The van der Waals surface area contributed by atoms with E-state index < -0.39 is 5.97 Å². The molecule has 5 heteroatoms. The summed E-state index contributed by atoms with van der Waals surface area (Å²) in [6.45, 7) is 6.02. The highest BCUT2D eigenvalue weighted by Gasteiger charge is 2.14. The van der Waals surface area contributed by atoms with Gasteiger partial charge in [-0.05, 0) is 26.8 Å². The van der Waals surface area contributed by atoms with Gasteiger partial charge in [-0.25, -0.2) is 9.78 Å². The third kappa shape index (κ3) is 2.85. The number of carbonyl (C=O) groups excluding carboxylic acids is 1. The van der Waals surface area contributed by atoms with E-state index in [-0.39, 0.29) is 6.04 Å². The minimum Gasteiger partial charge on any atom is -0.462 e. The molecule has 0 aliphatic rings. The molecule has 88 valence electrons. The average Bonchev–Trinajstić information content (AvgIpc) is 2.21. The first-order chi connectivity index (χ1) is 7.56. The second-order valence-corrected chi connectivity index (χ2v) is 3.64. The minimum atomic E-state index is -0.422. The Balaban J connectivity index is 2.99. The zero-order valence-corrected chi connectivity index (χ0v) is 9.78. The van der Waals surface area contributed by atoms with E-state index in [2.05, 4.69) is 10.3 Å². The van der Waals surface area contributed by atoms with Gasteiger partial charge in [0, 0.05) is 12.2 Å². The highest BCUT2D eigenvalue weighted by molar-refractivity contribution is 5.97. The van der Waals surface area contributed by atoms with Crippen LogP contribution in [0.5, 0.6) is 0 Å². The van der Waals surface area contributed by atoms with Gasteiger partial charge >= 0.3 is 5.97 Å². The first-order valence-electron chi connectivity index (χ1n) is 5.24. The molecule has 0 aliphatic carbocycles. The molecule has 0 unspecified atom stereocenters.